The first-order valence-corrected chi connectivity index (χ1v) is 15.8. The zero-order chi connectivity index (χ0) is 31.1. The first kappa shape index (κ1) is 25.7. The summed E-state index contributed by atoms with van der Waals surface area (Å²) in [6, 6.07) is 55.3. The van der Waals surface area contributed by atoms with Gasteiger partial charge in [0.25, 0.3) is 0 Å². The molecule has 0 saturated heterocycles. The molecular formula is C43H25N3O. The van der Waals surface area contributed by atoms with E-state index < -0.39 is 0 Å². The van der Waals surface area contributed by atoms with Crippen molar-refractivity contribution in [3.05, 3.63) is 157 Å². The molecular weight excluding hydrogens is 574 g/mol. The van der Waals surface area contributed by atoms with Crippen molar-refractivity contribution in [3.63, 3.8) is 0 Å². The molecule has 0 bridgehead atoms. The van der Waals surface area contributed by atoms with E-state index >= 15 is 0 Å². The van der Waals surface area contributed by atoms with Gasteiger partial charge in [-0.15, -0.1) is 0 Å². The Labute approximate surface area is 269 Å². The van der Waals surface area contributed by atoms with Crippen LogP contribution in [0.2, 0.25) is 0 Å². The summed E-state index contributed by atoms with van der Waals surface area (Å²) >= 11 is 0. The number of aromatic nitrogens is 2. The summed E-state index contributed by atoms with van der Waals surface area (Å²) in [5, 5.41) is 17.4. The Balaban J connectivity index is 1.45. The lowest BCUT2D eigenvalue weighted by molar-refractivity contribution is 0.667. The fraction of sp³-hybridized carbons (Fsp3) is 0. The van der Waals surface area contributed by atoms with Crippen molar-refractivity contribution in [1.82, 2.24) is 9.13 Å². The van der Waals surface area contributed by atoms with Gasteiger partial charge in [-0.2, -0.15) is 5.26 Å². The van der Waals surface area contributed by atoms with Crippen LogP contribution < -0.4 is 0 Å². The molecule has 0 aliphatic rings. The zero-order valence-electron chi connectivity index (χ0n) is 25.2. The summed E-state index contributed by atoms with van der Waals surface area (Å²) in [7, 11) is 0. The molecule has 4 nitrogen and oxygen atoms in total. The molecule has 10 rings (SSSR count). The van der Waals surface area contributed by atoms with Crippen molar-refractivity contribution >= 4 is 65.6 Å². The lowest BCUT2D eigenvalue weighted by atomic mass is 9.99. The third-order valence-electron chi connectivity index (χ3n) is 9.57. The normalized spacial score (nSPS) is 11.8. The quantitative estimate of drug-likeness (QED) is 0.203. The summed E-state index contributed by atoms with van der Waals surface area (Å²) < 4.78 is 11.6. The van der Waals surface area contributed by atoms with Gasteiger partial charge in [0.15, 0.2) is 5.58 Å². The molecule has 0 aliphatic heterocycles. The van der Waals surface area contributed by atoms with Gasteiger partial charge >= 0.3 is 0 Å². The number of rotatable bonds is 3. The molecule has 3 heterocycles. The van der Waals surface area contributed by atoms with Crippen LogP contribution in [0.3, 0.4) is 0 Å². The maximum atomic E-state index is 11.1. The minimum absolute atomic E-state index is 0.583. The number of hydrogen-bond donors (Lipinski definition) is 0. The SMILES string of the molecule is N#Cc1c(-n2c3ccccc3c3ccccc32)cc(-n2c3ccccc3c3ccccc32)c2oc3c(-c4ccccc4)cccc3c12. The second-order valence-electron chi connectivity index (χ2n) is 12.0. The topological polar surface area (TPSA) is 46.8 Å². The molecule has 0 radical (unpaired) electrons. The van der Waals surface area contributed by atoms with E-state index in [1.54, 1.807) is 0 Å². The third kappa shape index (κ3) is 3.51. The highest BCUT2D eigenvalue weighted by Gasteiger charge is 2.26. The van der Waals surface area contributed by atoms with Crippen molar-refractivity contribution in [2.24, 2.45) is 0 Å². The van der Waals surface area contributed by atoms with E-state index in [4.69, 9.17) is 4.42 Å². The molecule has 0 amide bonds. The predicted octanol–water partition coefficient (Wildman–Crippen LogP) is 11.3. The van der Waals surface area contributed by atoms with E-state index in [2.05, 4.69) is 149 Å². The van der Waals surface area contributed by atoms with Crippen LogP contribution in [0.5, 0.6) is 0 Å². The number of benzene rings is 7. The number of para-hydroxylation sites is 5. The third-order valence-corrected chi connectivity index (χ3v) is 9.57. The van der Waals surface area contributed by atoms with Crippen molar-refractivity contribution in [1.29, 1.82) is 5.26 Å². The second kappa shape index (κ2) is 9.71. The number of nitriles is 1. The predicted molar refractivity (Wildman–Crippen MR) is 193 cm³/mol. The van der Waals surface area contributed by atoms with Crippen molar-refractivity contribution in [2.45, 2.75) is 0 Å². The molecule has 0 N–H and O–H groups in total. The first-order valence-electron chi connectivity index (χ1n) is 15.8. The lowest BCUT2D eigenvalue weighted by Gasteiger charge is -2.15. The summed E-state index contributed by atoms with van der Waals surface area (Å²) in [6.07, 6.45) is 0. The average Bonchev–Trinajstić information content (AvgIpc) is 3.80. The molecule has 0 fully saturated rings. The van der Waals surface area contributed by atoms with Crippen LogP contribution in [-0.4, -0.2) is 9.13 Å². The summed E-state index contributed by atoms with van der Waals surface area (Å²) in [5.74, 6) is 0. The molecule has 0 unspecified atom stereocenters. The summed E-state index contributed by atoms with van der Waals surface area (Å²) in [5.41, 5.74) is 10.1. The summed E-state index contributed by atoms with van der Waals surface area (Å²) in [6.45, 7) is 0. The van der Waals surface area contributed by atoms with Crippen LogP contribution in [0.15, 0.2) is 156 Å². The molecule has 4 heteroatoms. The molecule has 47 heavy (non-hydrogen) atoms. The lowest BCUT2D eigenvalue weighted by Crippen LogP contribution is -2.02. The minimum atomic E-state index is 0.583. The number of hydrogen-bond acceptors (Lipinski definition) is 2. The van der Waals surface area contributed by atoms with Crippen LogP contribution in [0.1, 0.15) is 5.56 Å². The maximum Gasteiger partial charge on any atom is 0.160 e. The Morgan fingerprint density at radius 1 is 0.447 bits per heavy atom. The van der Waals surface area contributed by atoms with E-state index in [0.717, 1.165) is 71.7 Å². The summed E-state index contributed by atoms with van der Waals surface area (Å²) in [4.78, 5) is 0. The zero-order valence-corrected chi connectivity index (χ0v) is 25.2. The number of fused-ring (bicyclic) bond motifs is 9. The van der Waals surface area contributed by atoms with Gasteiger partial charge in [-0.05, 0) is 35.9 Å². The van der Waals surface area contributed by atoms with E-state index in [1.807, 2.05) is 18.2 Å². The fourth-order valence-electron chi connectivity index (χ4n) is 7.61. The van der Waals surface area contributed by atoms with Gasteiger partial charge in [-0.25, -0.2) is 0 Å². The molecule has 10 aromatic rings. The molecule has 0 atom stereocenters. The van der Waals surface area contributed by atoms with Gasteiger partial charge in [0, 0.05) is 32.5 Å². The highest BCUT2D eigenvalue weighted by Crippen LogP contribution is 2.45. The number of nitrogens with zero attached hydrogens (tertiary/aromatic N) is 3. The van der Waals surface area contributed by atoms with Gasteiger partial charge in [0.1, 0.15) is 11.7 Å². The van der Waals surface area contributed by atoms with E-state index in [9.17, 15) is 5.26 Å². The maximum absolute atomic E-state index is 11.1. The Morgan fingerprint density at radius 3 is 1.45 bits per heavy atom. The molecule has 7 aromatic carbocycles. The standard InChI is InChI=1S/C43H25N3O/c44-26-34-39(45-35-21-8-4-15-29(35)30-16-5-9-22-36(30)45)25-40(46-37-23-10-6-17-31(37)32-18-7-11-24-38(32)46)43-41(34)33-20-12-19-28(42(33)47-43)27-13-2-1-3-14-27/h1-25H. The minimum Gasteiger partial charge on any atom is -0.453 e. The molecule has 0 spiro atoms. The van der Waals surface area contributed by atoms with Gasteiger partial charge in [-0.1, -0.05) is 121 Å². The average molecular weight is 600 g/mol. The van der Waals surface area contributed by atoms with Crippen LogP contribution >= 0.6 is 0 Å². The van der Waals surface area contributed by atoms with Crippen molar-refractivity contribution in [3.8, 4) is 28.6 Å². The molecule has 3 aromatic heterocycles. The molecule has 0 aliphatic carbocycles. The van der Waals surface area contributed by atoms with E-state index in [-0.39, 0.29) is 0 Å². The highest BCUT2D eigenvalue weighted by atomic mass is 16.3. The van der Waals surface area contributed by atoms with E-state index in [1.165, 1.54) is 10.8 Å². The van der Waals surface area contributed by atoms with Crippen LogP contribution in [0.4, 0.5) is 0 Å². The Morgan fingerprint density at radius 2 is 0.915 bits per heavy atom. The first-order chi connectivity index (χ1) is 23.3. The van der Waals surface area contributed by atoms with Gasteiger partial charge < -0.3 is 13.6 Å². The van der Waals surface area contributed by atoms with Crippen LogP contribution in [0, 0.1) is 11.3 Å². The van der Waals surface area contributed by atoms with Gasteiger partial charge in [-0.3, -0.25) is 0 Å². The molecule has 0 saturated carbocycles. The van der Waals surface area contributed by atoms with E-state index in [0.29, 0.717) is 11.1 Å². The van der Waals surface area contributed by atoms with Gasteiger partial charge in [0.05, 0.1) is 44.4 Å². The second-order valence-corrected chi connectivity index (χ2v) is 12.0. The fourth-order valence-corrected chi connectivity index (χ4v) is 7.61. The Kier molecular flexibility index (Phi) is 5.32. The number of furan rings is 1. The molecule has 218 valence electrons. The van der Waals surface area contributed by atoms with Crippen LogP contribution in [0.25, 0.3) is 88.1 Å². The van der Waals surface area contributed by atoms with Crippen molar-refractivity contribution < 1.29 is 4.42 Å². The largest absolute Gasteiger partial charge is 0.453 e. The monoisotopic (exact) mass is 599 g/mol. The van der Waals surface area contributed by atoms with Crippen LogP contribution in [-0.2, 0) is 0 Å². The Bertz CT molecular complexity index is 2810. The van der Waals surface area contributed by atoms with Crippen molar-refractivity contribution in [2.75, 3.05) is 0 Å². The van der Waals surface area contributed by atoms with Gasteiger partial charge in [0.2, 0.25) is 0 Å². The smallest absolute Gasteiger partial charge is 0.160 e. The Hall–Kier alpha value is -6.57. The highest BCUT2D eigenvalue weighted by molar-refractivity contribution is 6.18.